The molecule has 0 radical (unpaired) electrons. The van der Waals surface area contributed by atoms with Gasteiger partial charge in [-0.1, -0.05) is 0 Å². The van der Waals surface area contributed by atoms with E-state index >= 15 is 0 Å². The van der Waals surface area contributed by atoms with Crippen LogP contribution < -0.4 is 10.0 Å². The molecule has 1 rings (SSSR count). The number of ether oxygens (including phenoxy) is 1. The Morgan fingerprint density at radius 1 is 1.33 bits per heavy atom. The summed E-state index contributed by atoms with van der Waals surface area (Å²) in [6.07, 6.45) is 0. The molecule has 0 aliphatic heterocycles. The Balaban J connectivity index is 2.46. The Kier molecular flexibility index (Phi) is 7.78. The van der Waals surface area contributed by atoms with Crippen molar-refractivity contribution in [3.8, 4) is 0 Å². The van der Waals surface area contributed by atoms with E-state index in [0.717, 1.165) is 16.3 Å². The minimum Gasteiger partial charge on any atom is -0.379 e. The van der Waals surface area contributed by atoms with Gasteiger partial charge in [-0.05, 0) is 34.1 Å². The average molecular weight is 335 g/mol. The fourth-order valence-corrected chi connectivity index (χ4v) is 4.39. The number of nitrogens with one attached hydrogen (secondary N) is 2. The Hall–Kier alpha value is -0.510. The molecule has 0 unspecified atom stereocenters. The van der Waals surface area contributed by atoms with Gasteiger partial charge in [-0.3, -0.25) is 0 Å². The van der Waals surface area contributed by atoms with Gasteiger partial charge in [0.15, 0.2) is 0 Å². The van der Waals surface area contributed by atoms with Crippen LogP contribution in [0.5, 0.6) is 0 Å². The van der Waals surface area contributed by atoms with Gasteiger partial charge in [0.1, 0.15) is 0 Å². The zero-order chi connectivity index (χ0) is 15.9. The molecule has 0 aliphatic rings. The van der Waals surface area contributed by atoms with Crippen molar-refractivity contribution in [1.82, 2.24) is 14.9 Å². The number of thiophene rings is 1. The summed E-state index contributed by atoms with van der Waals surface area (Å²) in [5.74, 6) is 0. The topological polar surface area (TPSA) is 70.7 Å². The van der Waals surface area contributed by atoms with E-state index in [1.807, 2.05) is 33.0 Å². The fourth-order valence-electron chi connectivity index (χ4n) is 1.73. The first kappa shape index (κ1) is 18.5. The lowest BCUT2D eigenvalue weighted by Crippen LogP contribution is -2.28. The van der Waals surface area contributed by atoms with Crippen molar-refractivity contribution >= 4 is 21.4 Å². The number of aryl methyl sites for hydroxylation is 1. The second-order valence-corrected chi connectivity index (χ2v) is 8.05. The first-order valence-corrected chi connectivity index (χ1v) is 9.13. The highest BCUT2D eigenvalue weighted by Gasteiger charge is 2.19. The van der Waals surface area contributed by atoms with Gasteiger partial charge in [0, 0.05) is 29.4 Å². The van der Waals surface area contributed by atoms with Gasteiger partial charge in [0.05, 0.1) is 18.1 Å². The Morgan fingerprint density at radius 2 is 2.05 bits per heavy atom. The van der Waals surface area contributed by atoms with Crippen LogP contribution in [0, 0.1) is 6.92 Å². The van der Waals surface area contributed by atoms with Crippen LogP contribution in [0.25, 0.3) is 0 Å². The van der Waals surface area contributed by atoms with Crippen molar-refractivity contribution in [3.05, 3.63) is 15.8 Å². The standard InChI is InChI=1S/C13H25N3O3S2/c1-11-13(9-12(20-11)10-14-2)21(17,18)15-5-7-19-8-6-16(3)4/h9,14-15H,5-8,10H2,1-4H3. The second-order valence-electron chi connectivity index (χ2n) is 4.98. The zero-order valence-electron chi connectivity index (χ0n) is 13.1. The van der Waals surface area contributed by atoms with E-state index in [9.17, 15) is 8.42 Å². The van der Waals surface area contributed by atoms with Crippen LogP contribution in [0.4, 0.5) is 0 Å². The summed E-state index contributed by atoms with van der Waals surface area (Å²) in [6.45, 7) is 4.58. The number of likely N-dealkylation sites (N-methyl/N-ethyl adjacent to an activating group) is 1. The monoisotopic (exact) mass is 335 g/mol. The maximum atomic E-state index is 12.2. The third-order valence-corrected chi connectivity index (χ3v) is 5.55. The predicted molar refractivity (Wildman–Crippen MR) is 86.4 cm³/mol. The summed E-state index contributed by atoms with van der Waals surface area (Å²) in [5.41, 5.74) is 0. The zero-order valence-corrected chi connectivity index (χ0v) is 14.7. The molecule has 1 aromatic rings. The van der Waals surface area contributed by atoms with Gasteiger partial charge in [-0.15, -0.1) is 11.3 Å². The SMILES string of the molecule is CNCc1cc(S(=O)(=O)NCCOCCN(C)C)c(C)s1. The van der Waals surface area contributed by atoms with Crippen molar-refractivity contribution in [2.75, 3.05) is 47.4 Å². The molecule has 0 spiro atoms. The molecule has 8 heteroatoms. The molecule has 6 nitrogen and oxygen atoms in total. The largest absolute Gasteiger partial charge is 0.379 e. The molecule has 0 amide bonds. The number of hydrogen-bond acceptors (Lipinski definition) is 6. The van der Waals surface area contributed by atoms with E-state index in [2.05, 4.69) is 10.0 Å². The van der Waals surface area contributed by atoms with E-state index in [4.69, 9.17) is 4.74 Å². The normalized spacial score (nSPS) is 12.2. The molecule has 0 bridgehead atoms. The molecule has 2 N–H and O–H groups in total. The van der Waals surface area contributed by atoms with Gasteiger partial charge in [-0.2, -0.15) is 0 Å². The molecule has 1 aromatic heterocycles. The summed E-state index contributed by atoms with van der Waals surface area (Å²) in [7, 11) is 2.32. The highest BCUT2D eigenvalue weighted by Crippen LogP contribution is 2.25. The van der Waals surface area contributed by atoms with Crippen molar-refractivity contribution < 1.29 is 13.2 Å². The lowest BCUT2D eigenvalue weighted by molar-refractivity contribution is 0.122. The summed E-state index contributed by atoms with van der Waals surface area (Å²) in [6, 6.07) is 1.73. The molecule has 0 aromatic carbocycles. The summed E-state index contributed by atoms with van der Waals surface area (Å²) >= 11 is 1.50. The van der Waals surface area contributed by atoms with Crippen molar-refractivity contribution in [3.63, 3.8) is 0 Å². The van der Waals surface area contributed by atoms with Crippen LogP contribution in [0.3, 0.4) is 0 Å². The summed E-state index contributed by atoms with van der Waals surface area (Å²) in [4.78, 5) is 4.20. The van der Waals surface area contributed by atoms with Crippen molar-refractivity contribution in [1.29, 1.82) is 0 Å². The van der Waals surface area contributed by atoms with Gasteiger partial charge >= 0.3 is 0 Å². The number of hydrogen-bond donors (Lipinski definition) is 2. The van der Waals surface area contributed by atoms with Crippen molar-refractivity contribution in [2.45, 2.75) is 18.4 Å². The molecular formula is C13H25N3O3S2. The van der Waals surface area contributed by atoms with Crippen LogP contribution in [0.1, 0.15) is 9.75 Å². The fraction of sp³-hybridized carbons (Fsp3) is 0.692. The Morgan fingerprint density at radius 3 is 2.67 bits per heavy atom. The molecule has 0 atom stereocenters. The van der Waals surface area contributed by atoms with Gasteiger partial charge in [0.25, 0.3) is 0 Å². The quantitative estimate of drug-likeness (QED) is 0.614. The summed E-state index contributed by atoms with van der Waals surface area (Å²) < 4.78 is 32.4. The number of rotatable bonds is 10. The van der Waals surface area contributed by atoms with E-state index in [1.54, 1.807) is 6.07 Å². The van der Waals surface area contributed by atoms with Crippen LogP contribution in [0.2, 0.25) is 0 Å². The molecule has 0 fully saturated rings. The van der Waals surface area contributed by atoms with Crippen LogP contribution in [-0.2, 0) is 21.3 Å². The second kappa shape index (κ2) is 8.82. The third kappa shape index (κ3) is 6.41. The van der Waals surface area contributed by atoms with Crippen LogP contribution in [0.15, 0.2) is 11.0 Å². The molecular weight excluding hydrogens is 310 g/mol. The van der Waals surface area contributed by atoms with E-state index < -0.39 is 10.0 Å². The molecule has 0 saturated heterocycles. The van der Waals surface area contributed by atoms with E-state index in [1.165, 1.54) is 11.3 Å². The third-order valence-electron chi connectivity index (χ3n) is 2.79. The number of nitrogens with zero attached hydrogens (tertiary/aromatic N) is 1. The van der Waals surface area contributed by atoms with E-state index in [0.29, 0.717) is 24.7 Å². The Labute approximate surface area is 131 Å². The highest BCUT2D eigenvalue weighted by atomic mass is 32.2. The van der Waals surface area contributed by atoms with Gasteiger partial charge in [-0.25, -0.2) is 13.1 Å². The van der Waals surface area contributed by atoms with Crippen LogP contribution >= 0.6 is 11.3 Å². The van der Waals surface area contributed by atoms with E-state index in [-0.39, 0.29) is 6.54 Å². The lowest BCUT2D eigenvalue weighted by Gasteiger charge is -2.10. The minimum atomic E-state index is -3.45. The maximum absolute atomic E-state index is 12.2. The molecule has 21 heavy (non-hydrogen) atoms. The number of sulfonamides is 1. The van der Waals surface area contributed by atoms with Gasteiger partial charge in [0.2, 0.25) is 10.0 Å². The Bertz CT molecular complexity index is 527. The molecule has 122 valence electrons. The average Bonchev–Trinajstić information content (AvgIpc) is 2.75. The predicted octanol–water partition coefficient (Wildman–Crippen LogP) is 0.632. The summed E-state index contributed by atoms with van der Waals surface area (Å²) in [5, 5.41) is 3.02. The van der Waals surface area contributed by atoms with Gasteiger partial charge < -0.3 is 15.0 Å². The maximum Gasteiger partial charge on any atom is 0.241 e. The minimum absolute atomic E-state index is 0.284. The molecule has 0 aliphatic carbocycles. The smallest absolute Gasteiger partial charge is 0.241 e. The molecule has 0 saturated carbocycles. The van der Waals surface area contributed by atoms with Crippen molar-refractivity contribution in [2.24, 2.45) is 0 Å². The first-order valence-electron chi connectivity index (χ1n) is 6.83. The first-order chi connectivity index (χ1) is 9.86. The van der Waals surface area contributed by atoms with Crippen LogP contribution in [-0.4, -0.2) is 60.8 Å². The lowest BCUT2D eigenvalue weighted by atomic mass is 10.4. The molecule has 1 heterocycles. The highest BCUT2D eigenvalue weighted by molar-refractivity contribution is 7.89.